The second-order valence-corrected chi connectivity index (χ2v) is 7.70. The summed E-state index contributed by atoms with van der Waals surface area (Å²) in [5.74, 6) is -9.70. The van der Waals surface area contributed by atoms with E-state index in [4.69, 9.17) is 0 Å². The van der Waals surface area contributed by atoms with Gasteiger partial charge in [0.25, 0.3) is 0 Å². The van der Waals surface area contributed by atoms with E-state index in [1.165, 1.54) is 0 Å². The summed E-state index contributed by atoms with van der Waals surface area (Å²) in [6.45, 7) is 2.95. The Bertz CT molecular complexity index is 1120. The van der Waals surface area contributed by atoms with Gasteiger partial charge in [-0.2, -0.15) is 8.78 Å². The molecule has 176 valence electrons. The van der Waals surface area contributed by atoms with Gasteiger partial charge in [-0.05, 0) is 48.6 Å². The summed E-state index contributed by atoms with van der Waals surface area (Å²) >= 11 is 0. The zero-order valence-corrected chi connectivity index (χ0v) is 17.9. The lowest BCUT2D eigenvalue weighted by Gasteiger charge is -2.21. The Labute approximate surface area is 186 Å². The number of unbranched alkanes of at least 4 members (excludes halogenated alkanes) is 2. The highest BCUT2D eigenvalue weighted by Gasteiger charge is 2.42. The van der Waals surface area contributed by atoms with Crippen LogP contribution < -0.4 is 4.74 Å². The van der Waals surface area contributed by atoms with Crippen LogP contribution in [0.4, 0.5) is 30.7 Å². The predicted octanol–water partition coefficient (Wildman–Crippen LogP) is 8.22. The first-order chi connectivity index (χ1) is 15.5. The van der Waals surface area contributed by atoms with Crippen LogP contribution in [0.15, 0.2) is 42.5 Å². The van der Waals surface area contributed by atoms with Gasteiger partial charge in [0.05, 0.1) is 0 Å². The maximum absolute atomic E-state index is 14.6. The maximum Gasteiger partial charge on any atom is 0.432 e. The molecule has 0 bridgehead atoms. The van der Waals surface area contributed by atoms with Crippen molar-refractivity contribution in [3.63, 3.8) is 0 Å². The molecule has 0 atom stereocenters. The van der Waals surface area contributed by atoms with E-state index in [-0.39, 0.29) is 11.6 Å². The summed E-state index contributed by atoms with van der Waals surface area (Å²) in [4.78, 5) is 0. The van der Waals surface area contributed by atoms with Crippen molar-refractivity contribution in [2.24, 2.45) is 0 Å². The summed E-state index contributed by atoms with van der Waals surface area (Å²) in [5.41, 5.74) is -1.02. The highest BCUT2D eigenvalue weighted by atomic mass is 19.3. The fourth-order valence-corrected chi connectivity index (χ4v) is 3.42. The first kappa shape index (κ1) is 24.6. The Balaban J connectivity index is 1.89. The number of hydrogen-bond donors (Lipinski definition) is 0. The molecular weight excluding hydrogens is 449 g/mol. The third kappa shape index (κ3) is 5.31. The lowest BCUT2D eigenvalue weighted by Crippen LogP contribution is -2.26. The largest absolute Gasteiger partial charge is 0.432 e. The Hall–Kier alpha value is -3.03. The summed E-state index contributed by atoms with van der Waals surface area (Å²) in [6.07, 6.45) is -0.626. The van der Waals surface area contributed by atoms with Gasteiger partial charge in [0.1, 0.15) is 22.9 Å². The molecule has 0 fully saturated rings. The highest BCUT2D eigenvalue weighted by Crippen LogP contribution is 2.39. The van der Waals surface area contributed by atoms with E-state index in [2.05, 4.69) is 11.7 Å². The minimum atomic E-state index is -4.63. The SMILES string of the molecule is CCCCCc1ccc(-c2cc(F)c(C(F)(F)Oc3cc(F)c(F)c(F)c3C)c(F)c2)cc1. The van der Waals surface area contributed by atoms with Crippen LogP contribution in [-0.4, -0.2) is 0 Å². The Morgan fingerprint density at radius 2 is 1.36 bits per heavy atom. The first-order valence-corrected chi connectivity index (χ1v) is 10.3. The molecule has 0 aliphatic heterocycles. The molecule has 3 aromatic carbocycles. The third-order valence-electron chi connectivity index (χ3n) is 5.29. The molecule has 0 aliphatic rings. The summed E-state index contributed by atoms with van der Waals surface area (Å²) in [7, 11) is 0. The highest BCUT2D eigenvalue weighted by molar-refractivity contribution is 5.64. The van der Waals surface area contributed by atoms with E-state index in [0.29, 0.717) is 5.56 Å². The lowest BCUT2D eigenvalue weighted by molar-refractivity contribution is -0.190. The number of benzene rings is 3. The second kappa shape index (κ2) is 9.85. The van der Waals surface area contributed by atoms with Crippen LogP contribution in [-0.2, 0) is 12.5 Å². The average molecular weight is 470 g/mol. The van der Waals surface area contributed by atoms with E-state index in [1.54, 1.807) is 24.3 Å². The van der Waals surface area contributed by atoms with Gasteiger partial charge in [0, 0.05) is 11.6 Å². The van der Waals surface area contributed by atoms with E-state index < -0.39 is 52.1 Å². The van der Waals surface area contributed by atoms with Gasteiger partial charge in [0.15, 0.2) is 17.5 Å². The molecule has 0 spiro atoms. The van der Waals surface area contributed by atoms with Crippen molar-refractivity contribution in [2.45, 2.75) is 45.6 Å². The minimum absolute atomic E-state index is 0.0275. The monoisotopic (exact) mass is 470 g/mol. The summed E-state index contributed by atoms with van der Waals surface area (Å²) in [5, 5.41) is 0. The van der Waals surface area contributed by atoms with Gasteiger partial charge in [-0.25, -0.2) is 22.0 Å². The molecule has 0 aliphatic carbocycles. The number of aryl methyl sites for hydroxylation is 1. The molecule has 0 N–H and O–H groups in total. The van der Waals surface area contributed by atoms with Crippen molar-refractivity contribution in [3.05, 3.63) is 88.2 Å². The number of halogens is 7. The lowest BCUT2D eigenvalue weighted by atomic mass is 9.99. The number of hydrogen-bond acceptors (Lipinski definition) is 1. The molecule has 0 unspecified atom stereocenters. The molecule has 1 nitrogen and oxygen atoms in total. The Morgan fingerprint density at radius 1 is 0.758 bits per heavy atom. The summed E-state index contributed by atoms with van der Waals surface area (Å²) in [6, 6.07) is 8.50. The fraction of sp³-hybridized carbons (Fsp3) is 0.280. The van der Waals surface area contributed by atoms with Crippen molar-refractivity contribution < 1.29 is 35.5 Å². The molecule has 0 saturated carbocycles. The molecular formula is C25H21F7O. The van der Waals surface area contributed by atoms with Gasteiger partial charge in [0.2, 0.25) is 0 Å². The molecule has 0 saturated heterocycles. The van der Waals surface area contributed by atoms with E-state index in [1.807, 2.05) is 0 Å². The molecule has 3 rings (SSSR count). The molecule has 0 heterocycles. The molecule has 8 heteroatoms. The van der Waals surface area contributed by atoms with Crippen LogP contribution in [0.25, 0.3) is 11.1 Å². The molecule has 3 aromatic rings. The quantitative estimate of drug-likeness (QED) is 0.183. The van der Waals surface area contributed by atoms with Crippen LogP contribution in [0.5, 0.6) is 5.75 Å². The van der Waals surface area contributed by atoms with E-state index in [0.717, 1.165) is 50.3 Å². The molecule has 0 aromatic heterocycles. The van der Waals surface area contributed by atoms with E-state index in [9.17, 15) is 30.7 Å². The zero-order chi connectivity index (χ0) is 24.3. The normalized spacial score (nSPS) is 11.7. The topological polar surface area (TPSA) is 9.23 Å². The number of ether oxygens (including phenoxy) is 1. The van der Waals surface area contributed by atoms with Crippen molar-refractivity contribution in [3.8, 4) is 16.9 Å². The molecule has 33 heavy (non-hydrogen) atoms. The van der Waals surface area contributed by atoms with Crippen LogP contribution in [0.1, 0.15) is 42.9 Å². The zero-order valence-electron chi connectivity index (χ0n) is 17.9. The van der Waals surface area contributed by atoms with Crippen molar-refractivity contribution in [1.29, 1.82) is 0 Å². The van der Waals surface area contributed by atoms with Crippen molar-refractivity contribution >= 4 is 0 Å². The standard InChI is InChI=1S/C25H21F7O/c1-3-4-5-6-15-7-9-16(10-8-15)17-11-18(26)22(19(27)12-17)25(31,32)33-21-13-20(28)24(30)23(29)14(21)2/h7-13H,3-6H2,1-2H3. The maximum atomic E-state index is 14.6. The fourth-order valence-electron chi connectivity index (χ4n) is 3.42. The van der Waals surface area contributed by atoms with E-state index >= 15 is 0 Å². The second-order valence-electron chi connectivity index (χ2n) is 7.70. The van der Waals surface area contributed by atoms with Gasteiger partial charge >= 0.3 is 6.11 Å². The Kier molecular flexibility index (Phi) is 7.34. The van der Waals surface area contributed by atoms with Crippen LogP contribution in [0, 0.1) is 36.0 Å². The van der Waals surface area contributed by atoms with Crippen LogP contribution >= 0.6 is 0 Å². The van der Waals surface area contributed by atoms with Crippen LogP contribution in [0.3, 0.4) is 0 Å². The summed E-state index contributed by atoms with van der Waals surface area (Å²) < 4.78 is 103. The minimum Gasteiger partial charge on any atom is -0.428 e. The number of rotatable bonds is 8. The van der Waals surface area contributed by atoms with Gasteiger partial charge in [-0.1, -0.05) is 44.0 Å². The average Bonchev–Trinajstić information content (AvgIpc) is 2.75. The molecule has 0 amide bonds. The van der Waals surface area contributed by atoms with Crippen molar-refractivity contribution in [1.82, 2.24) is 0 Å². The predicted molar refractivity (Wildman–Crippen MR) is 111 cm³/mol. The third-order valence-corrected chi connectivity index (χ3v) is 5.29. The smallest absolute Gasteiger partial charge is 0.428 e. The van der Waals surface area contributed by atoms with Gasteiger partial charge < -0.3 is 4.74 Å². The number of alkyl halides is 2. The van der Waals surface area contributed by atoms with Crippen molar-refractivity contribution in [2.75, 3.05) is 0 Å². The Morgan fingerprint density at radius 3 is 1.94 bits per heavy atom. The van der Waals surface area contributed by atoms with Gasteiger partial charge in [-0.3, -0.25) is 0 Å². The van der Waals surface area contributed by atoms with Gasteiger partial charge in [-0.15, -0.1) is 0 Å². The molecule has 0 radical (unpaired) electrons. The van der Waals surface area contributed by atoms with Crippen LogP contribution in [0.2, 0.25) is 0 Å². The first-order valence-electron chi connectivity index (χ1n) is 10.3.